The highest BCUT2D eigenvalue weighted by molar-refractivity contribution is 8.00. The van der Waals surface area contributed by atoms with Gasteiger partial charge >= 0.3 is 0 Å². The van der Waals surface area contributed by atoms with Gasteiger partial charge < -0.3 is 9.46 Å². The van der Waals surface area contributed by atoms with Crippen molar-refractivity contribution in [2.24, 2.45) is 5.41 Å². The maximum absolute atomic E-state index is 13.4. The Morgan fingerprint density at radius 1 is 0.975 bits per heavy atom. The molecule has 0 spiro atoms. The molecule has 1 unspecified atom stereocenters. The summed E-state index contributed by atoms with van der Waals surface area (Å²) in [6, 6.07) is 24.6. The Morgan fingerprint density at radius 2 is 1.82 bits per heavy atom. The van der Waals surface area contributed by atoms with E-state index in [-0.39, 0.29) is 5.41 Å². The molecular weight excluding hydrogens is 555 g/mol. The van der Waals surface area contributed by atoms with E-state index in [1.54, 1.807) is 11.9 Å². The van der Waals surface area contributed by atoms with Crippen molar-refractivity contribution in [3.05, 3.63) is 78.4 Å². The molecule has 2 heterocycles. The van der Waals surface area contributed by atoms with Gasteiger partial charge in [-0.05, 0) is 72.6 Å². The molecule has 1 atom stereocenters. The predicted octanol–water partition coefficient (Wildman–Crippen LogP) is 9.21. The van der Waals surface area contributed by atoms with Gasteiger partial charge in [-0.2, -0.15) is 0 Å². The number of thiazole rings is 1. The van der Waals surface area contributed by atoms with Crippen LogP contribution >= 0.6 is 23.3 Å². The molecule has 4 bridgehead atoms. The number of aromatic nitrogens is 1. The number of hydrogen-bond donors (Lipinski definition) is 2. The third-order valence-corrected chi connectivity index (χ3v) is 9.81. The zero-order valence-electron chi connectivity index (χ0n) is 23.4. The van der Waals surface area contributed by atoms with Crippen LogP contribution in [0.3, 0.4) is 0 Å². The van der Waals surface area contributed by atoms with Crippen molar-refractivity contribution in [3.8, 4) is 27.4 Å². The third kappa shape index (κ3) is 7.68. The van der Waals surface area contributed by atoms with Crippen molar-refractivity contribution in [1.82, 2.24) is 4.98 Å². The van der Waals surface area contributed by atoms with Crippen LogP contribution in [0.1, 0.15) is 52.0 Å². The van der Waals surface area contributed by atoms with Crippen molar-refractivity contribution in [3.63, 3.8) is 0 Å². The standard InChI is InChI=1S/C32H37N3O2S3/c1-32(2,3)18-19-37-26-15-9-13-24(21-26)30-29-28-17-7-6-12-23(28)11-5-4-8-20-38-34-25-14-10-16-27(22-25)40(36)35-31(33-29)39-30/h6-7,9-10,12-17,21-22,34H,4-5,8,11,18-20H2,1-3H3,(H,33,35). The molecule has 0 saturated carbocycles. The van der Waals surface area contributed by atoms with Crippen LogP contribution in [0.4, 0.5) is 10.8 Å². The molecule has 0 amide bonds. The molecule has 4 aromatic rings. The van der Waals surface area contributed by atoms with Crippen LogP contribution in [0.5, 0.6) is 5.75 Å². The lowest BCUT2D eigenvalue weighted by molar-refractivity contribution is 0.243. The fourth-order valence-corrected chi connectivity index (χ4v) is 7.25. The van der Waals surface area contributed by atoms with Gasteiger partial charge in [0, 0.05) is 17.0 Å². The lowest BCUT2D eigenvalue weighted by Crippen LogP contribution is -2.11. The summed E-state index contributed by atoms with van der Waals surface area (Å²) in [6.45, 7) is 7.35. The molecule has 2 N–H and O–H groups in total. The minimum Gasteiger partial charge on any atom is -0.494 e. The normalized spacial score (nSPS) is 16.2. The lowest BCUT2D eigenvalue weighted by Gasteiger charge is -2.18. The predicted molar refractivity (Wildman–Crippen MR) is 173 cm³/mol. The molecule has 40 heavy (non-hydrogen) atoms. The van der Waals surface area contributed by atoms with Crippen LogP contribution in [0.25, 0.3) is 21.7 Å². The Morgan fingerprint density at radius 3 is 2.70 bits per heavy atom. The average Bonchev–Trinajstić information content (AvgIpc) is 3.35. The molecule has 5 rings (SSSR count). The van der Waals surface area contributed by atoms with Gasteiger partial charge in [-0.15, -0.1) is 0 Å². The maximum Gasteiger partial charge on any atom is 0.196 e. The second-order valence-corrected chi connectivity index (χ2v) is 14.3. The molecule has 8 heteroatoms. The molecular formula is C32H37N3O2S3. The van der Waals surface area contributed by atoms with Gasteiger partial charge in [-0.1, -0.05) is 92.9 Å². The van der Waals surface area contributed by atoms with Gasteiger partial charge in [0.25, 0.3) is 0 Å². The molecule has 1 aromatic heterocycles. The highest BCUT2D eigenvalue weighted by Gasteiger charge is 2.20. The Hall–Kier alpha value is -2.81. The summed E-state index contributed by atoms with van der Waals surface area (Å²) < 4.78 is 26.1. The van der Waals surface area contributed by atoms with Crippen molar-refractivity contribution in [2.45, 2.75) is 57.8 Å². The van der Waals surface area contributed by atoms with Crippen LogP contribution in [0, 0.1) is 5.41 Å². The maximum atomic E-state index is 13.4. The number of hydrogen-bond acceptors (Lipinski definition) is 6. The van der Waals surface area contributed by atoms with Crippen LogP contribution in [0.15, 0.2) is 77.7 Å². The molecule has 1 aliphatic heterocycles. The second-order valence-electron chi connectivity index (χ2n) is 11.2. The van der Waals surface area contributed by atoms with E-state index >= 15 is 0 Å². The summed E-state index contributed by atoms with van der Waals surface area (Å²) in [5.74, 6) is 1.88. The van der Waals surface area contributed by atoms with Gasteiger partial charge in [0.1, 0.15) is 5.75 Å². The summed E-state index contributed by atoms with van der Waals surface area (Å²) in [4.78, 5) is 6.80. The van der Waals surface area contributed by atoms with Crippen LogP contribution < -0.4 is 14.2 Å². The van der Waals surface area contributed by atoms with E-state index in [1.807, 2.05) is 36.4 Å². The summed E-state index contributed by atoms with van der Waals surface area (Å²) in [6.07, 6.45) is 5.40. The summed E-state index contributed by atoms with van der Waals surface area (Å²) >= 11 is 3.24. The molecule has 0 fully saturated rings. The third-order valence-electron chi connectivity index (χ3n) is 6.73. The van der Waals surface area contributed by atoms with E-state index in [1.165, 1.54) is 16.9 Å². The zero-order chi connectivity index (χ0) is 28.0. The fraction of sp³-hybridized carbons (Fsp3) is 0.344. The zero-order valence-corrected chi connectivity index (χ0v) is 25.8. The van der Waals surface area contributed by atoms with Crippen LogP contribution in [-0.2, 0) is 17.4 Å². The van der Waals surface area contributed by atoms with Crippen molar-refractivity contribution < 1.29 is 8.95 Å². The van der Waals surface area contributed by atoms with Gasteiger partial charge in [-0.3, -0.25) is 4.72 Å². The quantitative estimate of drug-likeness (QED) is 0.232. The van der Waals surface area contributed by atoms with E-state index in [0.717, 1.165) is 71.0 Å². The molecule has 1 aliphatic rings. The van der Waals surface area contributed by atoms with Gasteiger partial charge in [-0.25, -0.2) is 9.19 Å². The molecule has 5 nitrogen and oxygen atoms in total. The Labute approximate surface area is 248 Å². The van der Waals surface area contributed by atoms with Crippen molar-refractivity contribution in [1.29, 1.82) is 0 Å². The number of nitrogens with one attached hydrogen (secondary N) is 2. The molecule has 0 aliphatic carbocycles. The number of nitrogens with zero attached hydrogens (tertiary/aromatic N) is 1. The first-order chi connectivity index (χ1) is 19.4. The Balaban J connectivity index is 1.53. The molecule has 0 radical (unpaired) electrons. The second kappa shape index (κ2) is 13.2. The van der Waals surface area contributed by atoms with Crippen LogP contribution in [-0.4, -0.2) is 21.6 Å². The lowest BCUT2D eigenvalue weighted by atomic mass is 9.93. The van der Waals surface area contributed by atoms with Crippen molar-refractivity contribution >= 4 is 45.1 Å². The summed E-state index contributed by atoms with van der Waals surface area (Å²) in [5, 5.41) is 0.634. The highest BCUT2D eigenvalue weighted by Crippen LogP contribution is 2.42. The minimum atomic E-state index is -1.45. The number of benzene rings is 3. The van der Waals surface area contributed by atoms with E-state index in [2.05, 4.69) is 66.6 Å². The number of ether oxygens (including phenoxy) is 1. The van der Waals surface area contributed by atoms with Crippen LogP contribution in [0.2, 0.25) is 0 Å². The molecule has 210 valence electrons. The molecule has 0 saturated heterocycles. The number of aryl methyl sites for hydroxylation is 1. The topological polar surface area (TPSA) is 63.2 Å². The Kier molecular flexibility index (Phi) is 9.50. The smallest absolute Gasteiger partial charge is 0.196 e. The van der Waals surface area contributed by atoms with Gasteiger partial charge in [0.05, 0.1) is 22.1 Å². The van der Waals surface area contributed by atoms with E-state index < -0.39 is 11.0 Å². The van der Waals surface area contributed by atoms with Crippen molar-refractivity contribution in [2.75, 3.05) is 21.8 Å². The highest BCUT2D eigenvalue weighted by atomic mass is 32.2. The first-order valence-electron chi connectivity index (χ1n) is 13.8. The average molecular weight is 592 g/mol. The monoisotopic (exact) mass is 591 g/mol. The fourth-order valence-electron chi connectivity index (χ4n) is 4.53. The summed E-state index contributed by atoms with van der Waals surface area (Å²) in [7, 11) is -1.45. The summed E-state index contributed by atoms with van der Waals surface area (Å²) in [5.41, 5.74) is 5.57. The first-order valence-corrected chi connectivity index (χ1v) is 16.8. The van der Waals surface area contributed by atoms with Gasteiger partial charge in [0.15, 0.2) is 16.1 Å². The number of anilines is 2. The largest absolute Gasteiger partial charge is 0.494 e. The van der Waals surface area contributed by atoms with Gasteiger partial charge in [0.2, 0.25) is 0 Å². The van der Waals surface area contributed by atoms with E-state index in [0.29, 0.717) is 16.6 Å². The minimum absolute atomic E-state index is 0.218. The number of fused-ring (bicyclic) bond motifs is 6. The Bertz CT molecular complexity index is 1460. The number of rotatable bonds is 4. The van der Waals surface area contributed by atoms with E-state index in [4.69, 9.17) is 9.72 Å². The first kappa shape index (κ1) is 28.7. The van der Waals surface area contributed by atoms with E-state index in [9.17, 15) is 4.21 Å². The molecule has 3 aromatic carbocycles. The SMILES string of the molecule is CC(C)(C)CCOc1cccc(-c2sc3nc2-c2ccccc2CCCCCSNc2cccc(c2)S(=O)N3)c1.